The molecule has 0 N–H and O–H groups in total. The maximum Gasteiger partial charge on any atom is 0.138 e. The predicted octanol–water partition coefficient (Wildman–Crippen LogP) is 12.5. The summed E-state index contributed by atoms with van der Waals surface area (Å²) in [7, 11) is 0. The second-order valence-electron chi connectivity index (χ2n) is 12.8. The number of pyridine rings is 1. The molecule has 49 heavy (non-hydrogen) atoms. The number of rotatable bonds is 3. The molecule has 0 aliphatic heterocycles. The molecule has 0 amide bonds. The van der Waals surface area contributed by atoms with Gasteiger partial charge in [-0.1, -0.05) is 109 Å². The van der Waals surface area contributed by atoms with E-state index < -0.39 is 0 Å². The van der Waals surface area contributed by atoms with Gasteiger partial charge in [0.15, 0.2) is 0 Å². The van der Waals surface area contributed by atoms with Crippen LogP contribution in [0, 0.1) is 0 Å². The van der Waals surface area contributed by atoms with Crippen molar-refractivity contribution in [3.05, 3.63) is 164 Å². The van der Waals surface area contributed by atoms with Crippen LogP contribution in [0.4, 0.5) is 0 Å². The molecule has 0 unspecified atom stereocenters. The Morgan fingerprint density at radius 1 is 0.429 bits per heavy atom. The number of benzene rings is 7. The Balaban J connectivity index is 1.35. The van der Waals surface area contributed by atoms with E-state index in [-0.39, 0.29) is 0 Å². The van der Waals surface area contributed by atoms with Crippen molar-refractivity contribution in [2.24, 2.45) is 0 Å². The van der Waals surface area contributed by atoms with Gasteiger partial charge in [-0.05, 0) is 65.7 Å². The van der Waals surface area contributed by atoms with E-state index in [1.165, 1.54) is 69.4 Å². The first-order chi connectivity index (χ1) is 24.3. The van der Waals surface area contributed by atoms with Crippen LogP contribution in [0.1, 0.15) is 0 Å². The normalized spacial score (nSPS) is 12.1. The van der Waals surface area contributed by atoms with Crippen LogP contribution in [0.5, 0.6) is 0 Å². The second kappa shape index (κ2) is 10.1. The van der Waals surface area contributed by atoms with Crippen molar-refractivity contribution in [3.8, 4) is 22.6 Å². The SMILES string of the molecule is c1ccc(-c2cc(-n3c4cc5c(cc4c4c6sc7ccccc7c6ccc43)c3ccccc3n5-c3ccccc3)nc3ccccc23)cc1. The third kappa shape index (κ3) is 3.80. The van der Waals surface area contributed by atoms with Gasteiger partial charge in [0.25, 0.3) is 0 Å². The van der Waals surface area contributed by atoms with Crippen molar-refractivity contribution >= 4 is 86.0 Å². The van der Waals surface area contributed by atoms with Crippen molar-refractivity contribution in [1.82, 2.24) is 14.1 Å². The Morgan fingerprint density at radius 3 is 1.98 bits per heavy atom. The topological polar surface area (TPSA) is 22.8 Å². The molecule has 11 rings (SSSR count). The van der Waals surface area contributed by atoms with E-state index >= 15 is 0 Å². The molecule has 0 aliphatic rings. The molecule has 0 spiro atoms. The van der Waals surface area contributed by atoms with Gasteiger partial charge in [0.05, 0.1) is 27.6 Å². The molecule has 0 radical (unpaired) electrons. The molecule has 0 saturated heterocycles. The summed E-state index contributed by atoms with van der Waals surface area (Å²) in [4.78, 5) is 5.39. The lowest BCUT2D eigenvalue weighted by atomic mass is 10.0. The van der Waals surface area contributed by atoms with Gasteiger partial charge >= 0.3 is 0 Å². The van der Waals surface area contributed by atoms with Crippen molar-refractivity contribution in [2.75, 3.05) is 0 Å². The van der Waals surface area contributed by atoms with Crippen LogP contribution < -0.4 is 0 Å². The van der Waals surface area contributed by atoms with Gasteiger partial charge in [0.2, 0.25) is 0 Å². The molecule has 0 fully saturated rings. The van der Waals surface area contributed by atoms with Gasteiger partial charge in [0, 0.05) is 52.8 Å². The van der Waals surface area contributed by atoms with E-state index in [1.807, 2.05) is 11.3 Å². The number of fused-ring (bicyclic) bond motifs is 11. The Bertz CT molecular complexity index is 3090. The maximum absolute atomic E-state index is 5.39. The fraction of sp³-hybridized carbons (Fsp3) is 0. The zero-order valence-electron chi connectivity index (χ0n) is 26.3. The standard InChI is InChI=1S/C45H27N3S/c1-3-13-28(14-4-1)34-26-43(46-37-20-10-7-17-30(34)37)48-39-24-23-33-32-19-9-12-22-42(32)49-45(33)44(39)36-25-35-31-18-8-11-21-38(31)47(40(35)27-41(36)48)29-15-5-2-6-16-29/h1-27H. The first-order valence-corrected chi connectivity index (χ1v) is 17.5. The van der Waals surface area contributed by atoms with E-state index in [9.17, 15) is 0 Å². The average Bonchev–Trinajstić information content (AvgIpc) is 3.81. The highest BCUT2D eigenvalue weighted by Gasteiger charge is 2.22. The molecule has 228 valence electrons. The van der Waals surface area contributed by atoms with Gasteiger partial charge in [-0.15, -0.1) is 11.3 Å². The van der Waals surface area contributed by atoms with Gasteiger partial charge in [0.1, 0.15) is 5.82 Å². The van der Waals surface area contributed by atoms with E-state index in [4.69, 9.17) is 4.98 Å². The highest BCUT2D eigenvalue weighted by atomic mass is 32.1. The van der Waals surface area contributed by atoms with Crippen molar-refractivity contribution < 1.29 is 0 Å². The summed E-state index contributed by atoms with van der Waals surface area (Å²) in [5.41, 5.74) is 9.19. The molecule has 4 heteroatoms. The minimum absolute atomic E-state index is 0.916. The lowest BCUT2D eigenvalue weighted by Gasteiger charge is -2.13. The third-order valence-electron chi connectivity index (χ3n) is 10.1. The van der Waals surface area contributed by atoms with Crippen LogP contribution in [-0.4, -0.2) is 14.1 Å². The molecule has 0 saturated carbocycles. The highest BCUT2D eigenvalue weighted by molar-refractivity contribution is 7.26. The van der Waals surface area contributed by atoms with Crippen molar-refractivity contribution in [2.45, 2.75) is 0 Å². The summed E-state index contributed by atoms with van der Waals surface area (Å²) in [5.74, 6) is 0.916. The summed E-state index contributed by atoms with van der Waals surface area (Å²) in [5, 5.41) is 8.79. The number of hydrogen-bond acceptors (Lipinski definition) is 2. The van der Waals surface area contributed by atoms with Crippen LogP contribution in [0.25, 0.3) is 97.3 Å². The molecule has 0 atom stereocenters. The van der Waals surface area contributed by atoms with E-state index in [1.54, 1.807) is 0 Å². The molecular weight excluding hydrogens is 615 g/mol. The zero-order valence-corrected chi connectivity index (χ0v) is 27.2. The second-order valence-corrected chi connectivity index (χ2v) is 13.8. The molecule has 4 aromatic heterocycles. The summed E-state index contributed by atoms with van der Waals surface area (Å²) in [6, 6.07) is 59.2. The third-order valence-corrected chi connectivity index (χ3v) is 11.3. The smallest absolute Gasteiger partial charge is 0.138 e. The quantitative estimate of drug-likeness (QED) is 0.188. The number of hydrogen-bond donors (Lipinski definition) is 0. The number of thiophene rings is 1. The molecule has 0 aliphatic carbocycles. The molecule has 7 aromatic carbocycles. The van der Waals surface area contributed by atoms with Crippen LogP contribution in [0.3, 0.4) is 0 Å². The van der Waals surface area contributed by atoms with E-state index in [0.29, 0.717) is 0 Å². The molecule has 0 bridgehead atoms. The Hall–Kier alpha value is -6.23. The number of para-hydroxylation sites is 3. The lowest BCUT2D eigenvalue weighted by Crippen LogP contribution is -2.00. The monoisotopic (exact) mass is 641 g/mol. The molecule has 11 aromatic rings. The van der Waals surface area contributed by atoms with Gasteiger partial charge in [-0.25, -0.2) is 4.98 Å². The minimum atomic E-state index is 0.916. The largest absolute Gasteiger partial charge is 0.309 e. The first kappa shape index (κ1) is 26.8. The van der Waals surface area contributed by atoms with Gasteiger partial charge in [-0.2, -0.15) is 0 Å². The Morgan fingerprint density at radius 2 is 1.12 bits per heavy atom. The van der Waals surface area contributed by atoms with Crippen LogP contribution in [0.2, 0.25) is 0 Å². The zero-order chi connectivity index (χ0) is 32.1. The number of nitrogens with zero attached hydrogens (tertiary/aromatic N) is 3. The predicted molar refractivity (Wildman–Crippen MR) is 209 cm³/mol. The Labute approximate surface area is 285 Å². The average molecular weight is 642 g/mol. The van der Waals surface area contributed by atoms with Crippen molar-refractivity contribution in [1.29, 1.82) is 0 Å². The molecule has 4 heterocycles. The van der Waals surface area contributed by atoms with Gasteiger partial charge in [-0.3, -0.25) is 4.57 Å². The summed E-state index contributed by atoms with van der Waals surface area (Å²) in [6.07, 6.45) is 0. The van der Waals surface area contributed by atoms with Crippen LogP contribution in [0.15, 0.2) is 164 Å². The van der Waals surface area contributed by atoms with Crippen molar-refractivity contribution in [3.63, 3.8) is 0 Å². The number of aromatic nitrogens is 3. The highest BCUT2D eigenvalue weighted by Crippen LogP contribution is 2.46. The van der Waals surface area contributed by atoms with Crippen LogP contribution >= 0.6 is 11.3 Å². The first-order valence-electron chi connectivity index (χ1n) is 16.6. The van der Waals surface area contributed by atoms with E-state index in [0.717, 1.165) is 27.9 Å². The summed E-state index contributed by atoms with van der Waals surface area (Å²) < 4.78 is 7.44. The summed E-state index contributed by atoms with van der Waals surface area (Å²) in [6.45, 7) is 0. The minimum Gasteiger partial charge on any atom is -0.309 e. The van der Waals surface area contributed by atoms with Crippen LogP contribution in [-0.2, 0) is 0 Å². The Kier molecular flexibility index (Phi) is 5.54. The lowest BCUT2D eigenvalue weighted by molar-refractivity contribution is 1.10. The molecular formula is C45H27N3S. The maximum atomic E-state index is 5.39. The summed E-state index contributed by atoms with van der Waals surface area (Å²) >= 11 is 1.89. The van der Waals surface area contributed by atoms with E-state index in [2.05, 4.69) is 173 Å². The van der Waals surface area contributed by atoms with Gasteiger partial charge < -0.3 is 4.57 Å². The molecule has 3 nitrogen and oxygen atoms in total. The fourth-order valence-corrected chi connectivity index (χ4v) is 9.24. The fourth-order valence-electron chi connectivity index (χ4n) is 7.98.